The molecule has 1 N–H and O–H groups in total. The summed E-state index contributed by atoms with van der Waals surface area (Å²) in [5, 5.41) is 14.1. The lowest BCUT2D eigenvalue weighted by atomic mass is 10.1. The summed E-state index contributed by atoms with van der Waals surface area (Å²) in [6, 6.07) is 16.5. The number of nitrogens with one attached hydrogen (secondary N) is 1. The first-order valence-electron chi connectivity index (χ1n) is 9.06. The van der Waals surface area contributed by atoms with Crippen molar-refractivity contribution in [1.82, 2.24) is 10.2 Å². The Morgan fingerprint density at radius 1 is 1.19 bits per heavy atom. The van der Waals surface area contributed by atoms with Crippen LogP contribution in [0.4, 0.5) is 5.69 Å². The molecule has 0 aromatic heterocycles. The standard InChI is InChI=1S/C20H24N4O3/c1-21-20(22-15-16-7-9-17(10-8-16)24(25)26)23-13-11-19(12-14-23)27-18-5-3-2-4-6-18/h2-10,19H,11-15H2,1H3,(H,21,22). The van der Waals surface area contributed by atoms with Crippen LogP contribution < -0.4 is 10.1 Å². The highest BCUT2D eigenvalue weighted by atomic mass is 16.6. The van der Waals surface area contributed by atoms with Crippen LogP contribution in [-0.2, 0) is 6.54 Å². The third-order valence-electron chi connectivity index (χ3n) is 4.60. The summed E-state index contributed by atoms with van der Waals surface area (Å²) in [4.78, 5) is 16.9. The van der Waals surface area contributed by atoms with Crippen LogP contribution in [0.1, 0.15) is 18.4 Å². The highest BCUT2D eigenvalue weighted by molar-refractivity contribution is 5.80. The van der Waals surface area contributed by atoms with Gasteiger partial charge in [0, 0.05) is 51.7 Å². The average Bonchev–Trinajstić information content (AvgIpc) is 2.71. The van der Waals surface area contributed by atoms with E-state index in [4.69, 9.17) is 4.74 Å². The summed E-state index contributed by atoms with van der Waals surface area (Å²) >= 11 is 0. The van der Waals surface area contributed by atoms with Gasteiger partial charge in [-0.15, -0.1) is 0 Å². The van der Waals surface area contributed by atoms with Crippen molar-refractivity contribution in [1.29, 1.82) is 0 Å². The molecule has 1 aliphatic heterocycles. The Kier molecular flexibility index (Phi) is 6.25. The lowest BCUT2D eigenvalue weighted by Crippen LogP contribution is -2.47. The summed E-state index contributed by atoms with van der Waals surface area (Å²) in [5.74, 6) is 1.75. The molecular weight excluding hydrogens is 344 g/mol. The van der Waals surface area contributed by atoms with E-state index in [-0.39, 0.29) is 11.8 Å². The first kappa shape index (κ1) is 18.7. The first-order chi connectivity index (χ1) is 13.2. The zero-order valence-corrected chi connectivity index (χ0v) is 15.4. The fourth-order valence-electron chi connectivity index (χ4n) is 3.13. The number of nitro groups is 1. The van der Waals surface area contributed by atoms with Gasteiger partial charge >= 0.3 is 0 Å². The van der Waals surface area contributed by atoms with Gasteiger partial charge in [0.15, 0.2) is 5.96 Å². The Hall–Kier alpha value is -3.09. The molecule has 7 heteroatoms. The van der Waals surface area contributed by atoms with Crippen molar-refractivity contribution in [3.63, 3.8) is 0 Å². The minimum Gasteiger partial charge on any atom is -0.490 e. The van der Waals surface area contributed by atoms with E-state index in [1.165, 1.54) is 12.1 Å². The second kappa shape index (κ2) is 9.02. The zero-order valence-electron chi connectivity index (χ0n) is 15.4. The molecule has 0 radical (unpaired) electrons. The quantitative estimate of drug-likeness (QED) is 0.379. The van der Waals surface area contributed by atoms with E-state index in [0.717, 1.165) is 43.2 Å². The molecule has 1 aliphatic rings. The van der Waals surface area contributed by atoms with Gasteiger partial charge in [-0.1, -0.05) is 30.3 Å². The number of benzene rings is 2. The van der Waals surface area contributed by atoms with E-state index in [1.807, 2.05) is 30.3 Å². The normalized spacial score (nSPS) is 15.4. The Balaban J connectivity index is 1.48. The Bertz CT molecular complexity index is 770. The SMILES string of the molecule is CN=C(NCc1ccc([N+](=O)[O-])cc1)N1CCC(Oc2ccccc2)CC1. The van der Waals surface area contributed by atoms with Crippen molar-refractivity contribution in [2.75, 3.05) is 20.1 Å². The number of hydrogen-bond donors (Lipinski definition) is 1. The van der Waals surface area contributed by atoms with Crippen LogP contribution in [0.15, 0.2) is 59.6 Å². The van der Waals surface area contributed by atoms with Gasteiger partial charge in [-0.3, -0.25) is 15.1 Å². The number of nitrogens with zero attached hydrogens (tertiary/aromatic N) is 3. The van der Waals surface area contributed by atoms with Gasteiger partial charge in [0.1, 0.15) is 11.9 Å². The largest absolute Gasteiger partial charge is 0.490 e. The maximum atomic E-state index is 10.7. The monoisotopic (exact) mass is 368 g/mol. The molecule has 1 saturated heterocycles. The van der Waals surface area contributed by atoms with E-state index in [0.29, 0.717) is 6.54 Å². The number of non-ortho nitro benzene ring substituents is 1. The summed E-state index contributed by atoms with van der Waals surface area (Å²) < 4.78 is 6.03. The van der Waals surface area contributed by atoms with Crippen LogP contribution in [0.2, 0.25) is 0 Å². The van der Waals surface area contributed by atoms with E-state index in [9.17, 15) is 10.1 Å². The summed E-state index contributed by atoms with van der Waals surface area (Å²) in [6.45, 7) is 2.32. The molecule has 142 valence electrons. The molecule has 2 aromatic carbocycles. The van der Waals surface area contributed by atoms with Crippen LogP contribution >= 0.6 is 0 Å². The molecule has 0 unspecified atom stereocenters. The fourth-order valence-corrected chi connectivity index (χ4v) is 3.13. The third-order valence-corrected chi connectivity index (χ3v) is 4.60. The maximum Gasteiger partial charge on any atom is 0.269 e. The molecule has 0 saturated carbocycles. The number of ether oxygens (including phenoxy) is 1. The molecule has 2 aromatic rings. The highest BCUT2D eigenvalue weighted by Gasteiger charge is 2.22. The van der Waals surface area contributed by atoms with E-state index in [1.54, 1.807) is 19.2 Å². The molecule has 0 atom stereocenters. The van der Waals surface area contributed by atoms with Crippen LogP contribution in [0, 0.1) is 10.1 Å². The van der Waals surface area contributed by atoms with Gasteiger partial charge in [0.05, 0.1) is 4.92 Å². The summed E-state index contributed by atoms with van der Waals surface area (Å²) in [6.07, 6.45) is 2.09. The van der Waals surface area contributed by atoms with Gasteiger partial charge in [-0.25, -0.2) is 0 Å². The number of para-hydroxylation sites is 1. The topological polar surface area (TPSA) is 80.0 Å². The number of piperidine rings is 1. The maximum absolute atomic E-state index is 10.7. The molecule has 1 heterocycles. The fraction of sp³-hybridized carbons (Fsp3) is 0.350. The van der Waals surface area contributed by atoms with E-state index < -0.39 is 4.92 Å². The second-order valence-electron chi connectivity index (χ2n) is 6.44. The molecule has 0 aliphatic carbocycles. The van der Waals surface area contributed by atoms with Gasteiger partial charge in [-0.05, 0) is 17.7 Å². The van der Waals surface area contributed by atoms with Crippen molar-refractivity contribution in [3.05, 3.63) is 70.3 Å². The van der Waals surface area contributed by atoms with Crippen molar-refractivity contribution in [2.24, 2.45) is 4.99 Å². The van der Waals surface area contributed by atoms with E-state index >= 15 is 0 Å². The Labute approximate surface area is 158 Å². The predicted molar refractivity (Wildman–Crippen MR) is 105 cm³/mol. The number of rotatable bonds is 5. The minimum atomic E-state index is -0.391. The van der Waals surface area contributed by atoms with E-state index in [2.05, 4.69) is 15.2 Å². The predicted octanol–water partition coefficient (Wildman–Crippen LogP) is 3.21. The molecular formula is C20H24N4O3. The van der Waals surface area contributed by atoms with Gasteiger partial charge in [0.25, 0.3) is 5.69 Å². The minimum absolute atomic E-state index is 0.101. The number of likely N-dealkylation sites (tertiary alicyclic amines) is 1. The van der Waals surface area contributed by atoms with Gasteiger partial charge in [-0.2, -0.15) is 0 Å². The number of aliphatic imine (C=N–C) groups is 1. The molecule has 0 bridgehead atoms. The van der Waals surface area contributed by atoms with Crippen LogP contribution in [0.5, 0.6) is 5.75 Å². The number of hydrogen-bond acceptors (Lipinski definition) is 4. The summed E-state index contributed by atoms with van der Waals surface area (Å²) in [5.41, 5.74) is 1.08. The Morgan fingerprint density at radius 3 is 2.44 bits per heavy atom. The smallest absolute Gasteiger partial charge is 0.269 e. The van der Waals surface area contributed by atoms with Crippen molar-refractivity contribution >= 4 is 11.6 Å². The van der Waals surface area contributed by atoms with Crippen LogP contribution in [-0.4, -0.2) is 42.0 Å². The average molecular weight is 368 g/mol. The molecule has 3 rings (SSSR count). The molecule has 7 nitrogen and oxygen atoms in total. The lowest BCUT2D eigenvalue weighted by Gasteiger charge is -2.34. The third kappa shape index (κ3) is 5.20. The van der Waals surface area contributed by atoms with Crippen LogP contribution in [0.3, 0.4) is 0 Å². The molecule has 0 spiro atoms. The van der Waals surface area contributed by atoms with Crippen LogP contribution in [0.25, 0.3) is 0 Å². The molecule has 27 heavy (non-hydrogen) atoms. The van der Waals surface area contributed by atoms with Crippen molar-refractivity contribution in [2.45, 2.75) is 25.5 Å². The van der Waals surface area contributed by atoms with Gasteiger partial charge < -0.3 is 15.0 Å². The molecule has 0 amide bonds. The highest BCUT2D eigenvalue weighted by Crippen LogP contribution is 2.19. The van der Waals surface area contributed by atoms with Crippen molar-refractivity contribution < 1.29 is 9.66 Å². The number of guanidine groups is 1. The second-order valence-corrected chi connectivity index (χ2v) is 6.44. The lowest BCUT2D eigenvalue weighted by molar-refractivity contribution is -0.384. The van der Waals surface area contributed by atoms with Gasteiger partial charge in [0.2, 0.25) is 0 Å². The number of nitro benzene ring substituents is 1. The molecule has 1 fully saturated rings. The Morgan fingerprint density at radius 2 is 1.85 bits per heavy atom. The first-order valence-corrected chi connectivity index (χ1v) is 9.06. The summed E-state index contributed by atoms with van der Waals surface area (Å²) in [7, 11) is 1.77. The van der Waals surface area contributed by atoms with Crippen molar-refractivity contribution in [3.8, 4) is 5.75 Å². The zero-order chi connectivity index (χ0) is 19.1.